The third-order valence-corrected chi connectivity index (χ3v) is 8.90. The molecule has 4 aromatic carbocycles. The average Bonchev–Trinajstić information content (AvgIpc) is 3.13. The second-order valence-corrected chi connectivity index (χ2v) is 12.9. The summed E-state index contributed by atoms with van der Waals surface area (Å²) in [5, 5.41) is 0. The van der Waals surface area contributed by atoms with Crippen molar-refractivity contribution in [1.29, 1.82) is 0 Å². The largest absolute Gasteiger partial charge is 0.493 e. The number of hydrogen-bond acceptors (Lipinski definition) is 6. The van der Waals surface area contributed by atoms with E-state index in [0.717, 1.165) is 48.5 Å². The molecule has 1 aromatic heterocycles. The van der Waals surface area contributed by atoms with Crippen LogP contribution >= 0.6 is 12.4 Å². The monoisotopic (exact) mass is 703 g/mol. The summed E-state index contributed by atoms with van der Waals surface area (Å²) in [5.74, 6) is 2.80. The summed E-state index contributed by atoms with van der Waals surface area (Å²) in [7, 11) is 0. The minimum atomic E-state index is 0. The first-order valence-electron chi connectivity index (χ1n) is 17.3. The minimum absolute atomic E-state index is 0. The van der Waals surface area contributed by atoms with Crippen molar-refractivity contribution in [1.82, 2.24) is 14.8 Å². The van der Waals surface area contributed by atoms with Gasteiger partial charge in [-0.05, 0) is 85.0 Å². The van der Waals surface area contributed by atoms with Crippen LogP contribution < -0.4 is 14.2 Å². The lowest BCUT2D eigenvalue weighted by molar-refractivity contribution is -0.127. The highest BCUT2D eigenvalue weighted by molar-refractivity contribution is 5.92. The lowest BCUT2D eigenvalue weighted by Gasteiger charge is -2.34. The van der Waals surface area contributed by atoms with Crippen molar-refractivity contribution in [2.75, 3.05) is 32.8 Å². The Balaban J connectivity index is 0.00000504. The third kappa shape index (κ3) is 11.2. The molecule has 1 fully saturated rings. The molecule has 0 atom stereocenters. The number of carbonyl (C=O) groups excluding carboxylic acids is 1. The third-order valence-electron chi connectivity index (χ3n) is 8.90. The fourth-order valence-electron chi connectivity index (χ4n) is 5.77. The van der Waals surface area contributed by atoms with Gasteiger partial charge in [-0.3, -0.25) is 9.69 Å². The molecule has 6 rings (SSSR count). The van der Waals surface area contributed by atoms with Crippen molar-refractivity contribution in [3.05, 3.63) is 154 Å². The Bertz CT molecular complexity index is 1870. The number of hydrogen-bond donors (Lipinski definition) is 0. The van der Waals surface area contributed by atoms with Gasteiger partial charge in [0.15, 0.2) is 0 Å². The van der Waals surface area contributed by atoms with Crippen LogP contribution in [0, 0.1) is 20.8 Å². The molecule has 264 valence electrons. The number of halogens is 1. The van der Waals surface area contributed by atoms with Crippen LogP contribution in [0.1, 0.15) is 38.9 Å². The van der Waals surface area contributed by atoms with Gasteiger partial charge in [-0.15, -0.1) is 12.4 Å². The molecule has 0 bridgehead atoms. The average molecular weight is 704 g/mol. The van der Waals surface area contributed by atoms with E-state index in [-0.39, 0.29) is 18.3 Å². The Morgan fingerprint density at radius 3 is 2.00 bits per heavy atom. The summed E-state index contributed by atoms with van der Waals surface area (Å²) < 4.78 is 17.7. The van der Waals surface area contributed by atoms with Crippen molar-refractivity contribution < 1.29 is 19.0 Å². The molecular formula is C43H46ClN3O4. The van der Waals surface area contributed by atoms with Crippen LogP contribution in [0.2, 0.25) is 0 Å². The number of rotatable bonds is 13. The van der Waals surface area contributed by atoms with Gasteiger partial charge in [0.05, 0.1) is 12.8 Å². The molecule has 0 N–H and O–H groups in total. The number of aromatic nitrogens is 1. The summed E-state index contributed by atoms with van der Waals surface area (Å²) in [6.07, 6.45) is 6.11. The number of benzene rings is 4. The summed E-state index contributed by atoms with van der Waals surface area (Å²) in [6.45, 7) is 11.3. The number of aryl methyl sites for hydroxylation is 3. The quantitative estimate of drug-likeness (QED) is 0.114. The van der Waals surface area contributed by atoms with E-state index in [9.17, 15) is 4.79 Å². The Kier molecular flexibility index (Phi) is 13.3. The van der Waals surface area contributed by atoms with Gasteiger partial charge in [0.1, 0.15) is 23.9 Å². The first-order valence-corrected chi connectivity index (χ1v) is 17.3. The maximum atomic E-state index is 13.0. The van der Waals surface area contributed by atoms with E-state index >= 15 is 0 Å². The van der Waals surface area contributed by atoms with E-state index in [4.69, 9.17) is 14.2 Å². The van der Waals surface area contributed by atoms with Crippen molar-refractivity contribution in [2.45, 2.75) is 40.3 Å². The number of carbonyl (C=O) groups is 1. The number of ether oxygens (including phenoxy) is 3. The van der Waals surface area contributed by atoms with Crippen LogP contribution in [0.25, 0.3) is 6.08 Å². The molecule has 7 nitrogen and oxygen atoms in total. The van der Waals surface area contributed by atoms with Crippen LogP contribution in [-0.2, 0) is 24.4 Å². The van der Waals surface area contributed by atoms with Gasteiger partial charge in [0, 0.05) is 51.3 Å². The summed E-state index contributed by atoms with van der Waals surface area (Å²) >= 11 is 0. The molecule has 1 aliphatic rings. The molecular weight excluding hydrogens is 658 g/mol. The van der Waals surface area contributed by atoms with Gasteiger partial charge in [0.25, 0.3) is 0 Å². The number of nitrogens with zero attached hydrogens (tertiary/aromatic N) is 3. The summed E-state index contributed by atoms with van der Waals surface area (Å²) in [5.41, 5.74) is 8.10. The molecule has 1 saturated heterocycles. The van der Waals surface area contributed by atoms with Gasteiger partial charge in [-0.2, -0.15) is 0 Å². The fourth-order valence-corrected chi connectivity index (χ4v) is 5.77. The highest BCUT2D eigenvalue weighted by Gasteiger charge is 2.19. The zero-order valence-corrected chi connectivity index (χ0v) is 30.4. The van der Waals surface area contributed by atoms with Crippen molar-refractivity contribution >= 4 is 24.4 Å². The Labute approximate surface area is 307 Å². The van der Waals surface area contributed by atoms with E-state index < -0.39 is 0 Å². The molecule has 0 spiro atoms. The topological polar surface area (TPSA) is 64.1 Å². The smallest absolute Gasteiger partial charge is 0.246 e. The van der Waals surface area contributed by atoms with Crippen LogP contribution in [0.4, 0.5) is 0 Å². The van der Waals surface area contributed by atoms with E-state index in [0.29, 0.717) is 43.7 Å². The van der Waals surface area contributed by atoms with E-state index in [2.05, 4.69) is 84.4 Å². The second kappa shape index (κ2) is 18.2. The first kappa shape index (κ1) is 37.2. The molecule has 0 aliphatic carbocycles. The summed E-state index contributed by atoms with van der Waals surface area (Å²) in [4.78, 5) is 21.8. The van der Waals surface area contributed by atoms with Gasteiger partial charge >= 0.3 is 0 Å². The molecule has 51 heavy (non-hydrogen) atoms. The SMILES string of the molecule is Cc1ccc(COc2ccc(Oc3ccc(/C=C/C(=O)N4CCN(Cc5ccc(CCOc6ccc(C)cc6)cc5)CC4)c(C)c3)nc2)cc1.Cl. The highest BCUT2D eigenvalue weighted by Crippen LogP contribution is 2.25. The molecule has 0 unspecified atom stereocenters. The van der Waals surface area contributed by atoms with Crippen LogP contribution in [0.15, 0.2) is 115 Å². The Morgan fingerprint density at radius 2 is 1.33 bits per heavy atom. The predicted octanol–water partition coefficient (Wildman–Crippen LogP) is 8.78. The number of amides is 1. The maximum Gasteiger partial charge on any atom is 0.246 e. The first-order chi connectivity index (χ1) is 24.4. The van der Waals surface area contributed by atoms with E-state index in [1.54, 1.807) is 18.3 Å². The standard InChI is InChI=1S/C43H45N3O4.ClH/c1-32-4-8-37(9-5-32)31-49-41-19-20-42(44-29-41)50-40-18-14-38(34(3)28-40)15-21-43(47)46-25-23-45(24-26-46)30-36-12-10-35(11-13-36)22-27-48-39-16-6-33(2)7-17-39;/h4-21,28-29H,22-27,30-31H2,1-3H3;1H/b21-15+;. The Morgan fingerprint density at radius 1 is 0.706 bits per heavy atom. The predicted molar refractivity (Wildman–Crippen MR) is 206 cm³/mol. The molecule has 8 heteroatoms. The van der Waals surface area contributed by atoms with Crippen LogP contribution in [0.3, 0.4) is 0 Å². The molecule has 0 radical (unpaired) electrons. The summed E-state index contributed by atoms with van der Waals surface area (Å²) in [6, 6.07) is 34.7. The number of piperazine rings is 1. The fraction of sp³-hybridized carbons (Fsp3) is 0.256. The van der Waals surface area contributed by atoms with Crippen molar-refractivity contribution in [3.63, 3.8) is 0 Å². The lowest BCUT2D eigenvalue weighted by atomic mass is 10.1. The zero-order chi connectivity index (χ0) is 34.7. The van der Waals surface area contributed by atoms with Crippen LogP contribution in [0.5, 0.6) is 23.1 Å². The lowest BCUT2D eigenvalue weighted by Crippen LogP contribution is -2.47. The normalized spacial score (nSPS) is 13.1. The van der Waals surface area contributed by atoms with Crippen molar-refractivity contribution in [3.8, 4) is 23.1 Å². The molecule has 1 amide bonds. The molecule has 5 aromatic rings. The van der Waals surface area contributed by atoms with Gasteiger partial charge in [0.2, 0.25) is 11.8 Å². The van der Waals surface area contributed by atoms with Crippen molar-refractivity contribution in [2.24, 2.45) is 0 Å². The second-order valence-electron chi connectivity index (χ2n) is 12.9. The van der Waals surface area contributed by atoms with E-state index in [1.807, 2.05) is 54.3 Å². The minimum Gasteiger partial charge on any atom is -0.493 e. The molecule has 2 heterocycles. The Hall–Kier alpha value is -5.11. The molecule has 1 aliphatic heterocycles. The van der Waals surface area contributed by atoms with Gasteiger partial charge in [-0.1, -0.05) is 77.9 Å². The zero-order valence-electron chi connectivity index (χ0n) is 29.6. The molecule has 0 saturated carbocycles. The van der Waals surface area contributed by atoms with Crippen LogP contribution in [-0.4, -0.2) is 53.5 Å². The van der Waals surface area contributed by atoms with E-state index in [1.165, 1.54) is 22.3 Å². The van der Waals surface area contributed by atoms with Gasteiger partial charge < -0.3 is 19.1 Å². The highest BCUT2D eigenvalue weighted by atomic mass is 35.5. The van der Waals surface area contributed by atoms with Gasteiger partial charge in [-0.25, -0.2) is 4.98 Å². The maximum absolute atomic E-state index is 13.0. The number of pyridine rings is 1.